The highest BCUT2D eigenvalue weighted by atomic mass is 35.5. The fraction of sp³-hybridized carbons (Fsp3) is 0.240. The van der Waals surface area contributed by atoms with Crippen molar-refractivity contribution in [3.8, 4) is 0 Å². The molecule has 0 heterocycles. The first-order chi connectivity index (χ1) is 15.2. The molecule has 0 saturated carbocycles. The summed E-state index contributed by atoms with van der Waals surface area (Å²) in [6.07, 6.45) is 1.39. The fourth-order valence-electron chi connectivity index (χ4n) is 3.68. The number of rotatable bonds is 8. The number of sulfonamides is 1. The van der Waals surface area contributed by atoms with Gasteiger partial charge in [-0.1, -0.05) is 84.8 Å². The number of amides is 1. The van der Waals surface area contributed by atoms with E-state index in [0.717, 1.165) is 27.3 Å². The van der Waals surface area contributed by atoms with Gasteiger partial charge in [0.25, 0.3) is 0 Å². The van der Waals surface area contributed by atoms with Gasteiger partial charge in [0, 0.05) is 5.02 Å². The van der Waals surface area contributed by atoms with Gasteiger partial charge in [-0.05, 0) is 42.7 Å². The molecule has 1 amide bonds. The van der Waals surface area contributed by atoms with Gasteiger partial charge >= 0.3 is 0 Å². The number of carbonyl (C=O) groups is 1. The Hall–Kier alpha value is -2.83. The molecular formula is C25H27ClN2O3S. The highest BCUT2D eigenvalue weighted by molar-refractivity contribution is 7.92. The van der Waals surface area contributed by atoms with E-state index in [1.807, 2.05) is 61.5 Å². The van der Waals surface area contributed by atoms with E-state index < -0.39 is 22.1 Å². The number of halogens is 1. The minimum absolute atomic E-state index is 0.292. The zero-order valence-corrected chi connectivity index (χ0v) is 19.9. The van der Waals surface area contributed by atoms with Gasteiger partial charge < -0.3 is 5.32 Å². The van der Waals surface area contributed by atoms with E-state index in [0.29, 0.717) is 17.1 Å². The third kappa shape index (κ3) is 5.69. The lowest BCUT2D eigenvalue weighted by Gasteiger charge is -2.32. The van der Waals surface area contributed by atoms with Crippen LogP contribution in [0.5, 0.6) is 0 Å². The molecule has 168 valence electrons. The summed E-state index contributed by atoms with van der Waals surface area (Å²) in [7, 11) is -3.75. The van der Waals surface area contributed by atoms with Crippen molar-refractivity contribution in [2.24, 2.45) is 0 Å². The molecule has 5 nitrogen and oxygen atoms in total. The van der Waals surface area contributed by atoms with Gasteiger partial charge in [-0.3, -0.25) is 9.10 Å². The lowest BCUT2D eigenvalue weighted by Crippen LogP contribution is -2.50. The number of aryl methyl sites for hydroxylation is 1. The van der Waals surface area contributed by atoms with E-state index in [2.05, 4.69) is 5.32 Å². The molecule has 0 radical (unpaired) electrons. The SMILES string of the molecule is CCC(C(=O)NC(c1ccccc1)c1ccc(C)cc1)N(c1cccc(Cl)c1)S(C)(=O)=O. The third-order valence-corrected chi connectivity index (χ3v) is 6.64. The number of nitrogens with zero attached hydrogens (tertiary/aromatic N) is 1. The first-order valence-electron chi connectivity index (χ1n) is 10.4. The summed E-state index contributed by atoms with van der Waals surface area (Å²) in [5.74, 6) is -0.382. The summed E-state index contributed by atoms with van der Waals surface area (Å²) < 4.78 is 26.6. The van der Waals surface area contributed by atoms with Crippen LogP contribution >= 0.6 is 11.6 Å². The average molecular weight is 471 g/mol. The van der Waals surface area contributed by atoms with Crippen LogP contribution in [0.15, 0.2) is 78.9 Å². The van der Waals surface area contributed by atoms with Crippen molar-refractivity contribution in [3.05, 3.63) is 101 Å². The molecule has 3 rings (SSSR count). The Morgan fingerprint density at radius 3 is 2.16 bits per heavy atom. The van der Waals surface area contributed by atoms with E-state index in [1.54, 1.807) is 31.2 Å². The largest absolute Gasteiger partial charge is 0.343 e. The molecule has 0 aliphatic heterocycles. The average Bonchev–Trinajstić information content (AvgIpc) is 2.76. The second kappa shape index (κ2) is 10.2. The van der Waals surface area contributed by atoms with Crippen molar-refractivity contribution in [3.63, 3.8) is 0 Å². The zero-order chi connectivity index (χ0) is 23.3. The predicted octanol–water partition coefficient (Wildman–Crippen LogP) is 5.10. The van der Waals surface area contributed by atoms with E-state index in [9.17, 15) is 13.2 Å². The van der Waals surface area contributed by atoms with E-state index in [1.165, 1.54) is 0 Å². The van der Waals surface area contributed by atoms with E-state index in [4.69, 9.17) is 11.6 Å². The maximum atomic E-state index is 13.5. The van der Waals surface area contributed by atoms with Crippen LogP contribution in [0.2, 0.25) is 5.02 Å². The molecule has 0 saturated heterocycles. The molecule has 32 heavy (non-hydrogen) atoms. The van der Waals surface area contributed by atoms with Crippen molar-refractivity contribution < 1.29 is 13.2 Å². The van der Waals surface area contributed by atoms with Crippen LogP contribution in [0, 0.1) is 6.92 Å². The summed E-state index contributed by atoms with van der Waals surface area (Å²) in [6.45, 7) is 3.79. The Labute approximate surface area is 195 Å². The summed E-state index contributed by atoms with van der Waals surface area (Å²) in [4.78, 5) is 13.5. The Morgan fingerprint density at radius 1 is 0.969 bits per heavy atom. The number of carbonyl (C=O) groups excluding carboxylic acids is 1. The number of nitrogens with one attached hydrogen (secondary N) is 1. The molecule has 0 aliphatic carbocycles. The minimum atomic E-state index is -3.75. The Bertz CT molecular complexity index is 1170. The predicted molar refractivity (Wildman–Crippen MR) is 130 cm³/mol. The number of benzene rings is 3. The first kappa shape index (κ1) is 23.8. The normalized spacial score (nSPS) is 13.2. The molecule has 2 unspecified atom stereocenters. The van der Waals surface area contributed by atoms with Crippen LogP contribution in [0.1, 0.15) is 36.1 Å². The van der Waals surface area contributed by atoms with Crippen LogP contribution in [0.3, 0.4) is 0 Å². The van der Waals surface area contributed by atoms with Gasteiger partial charge in [0.1, 0.15) is 6.04 Å². The molecule has 0 aliphatic rings. The highest BCUT2D eigenvalue weighted by Gasteiger charge is 2.33. The van der Waals surface area contributed by atoms with Gasteiger partial charge in [0.05, 0.1) is 18.0 Å². The van der Waals surface area contributed by atoms with E-state index in [-0.39, 0.29) is 5.91 Å². The van der Waals surface area contributed by atoms with Gasteiger partial charge in [-0.2, -0.15) is 0 Å². The van der Waals surface area contributed by atoms with Crippen LogP contribution < -0.4 is 9.62 Å². The molecule has 0 aromatic heterocycles. The van der Waals surface area contributed by atoms with Crippen molar-refractivity contribution in [2.75, 3.05) is 10.6 Å². The summed E-state index contributed by atoms with van der Waals surface area (Å²) in [5, 5.41) is 3.48. The second-order valence-electron chi connectivity index (χ2n) is 7.73. The van der Waals surface area contributed by atoms with Crippen LogP contribution in [0.4, 0.5) is 5.69 Å². The summed E-state index contributed by atoms with van der Waals surface area (Å²) in [5.41, 5.74) is 3.29. The number of hydrogen-bond donors (Lipinski definition) is 1. The monoisotopic (exact) mass is 470 g/mol. The number of hydrogen-bond acceptors (Lipinski definition) is 3. The third-order valence-electron chi connectivity index (χ3n) is 5.22. The molecule has 3 aromatic rings. The van der Waals surface area contributed by atoms with Crippen molar-refractivity contribution >= 4 is 33.2 Å². The maximum Gasteiger partial charge on any atom is 0.244 e. The molecule has 0 bridgehead atoms. The summed E-state index contributed by atoms with van der Waals surface area (Å²) in [6, 6.07) is 22.7. The van der Waals surface area contributed by atoms with Crippen LogP contribution in [0.25, 0.3) is 0 Å². The van der Waals surface area contributed by atoms with Gasteiger partial charge in [0.15, 0.2) is 0 Å². The van der Waals surface area contributed by atoms with E-state index >= 15 is 0 Å². The van der Waals surface area contributed by atoms with Gasteiger partial charge in [-0.25, -0.2) is 8.42 Å². The topological polar surface area (TPSA) is 66.5 Å². The van der Waals surface area contributed by atoms with Gasteiger partial charge in [0.2, 0.25) is 15.9 Å². The molecule has 3 aromatic carbocycles. The lowest BCUT2D eigenvalue weighted by atomic mass is 9.97. The molecular weight excluding hydrogens is 444 g/mol. The Morgan fingerprint density at radius 2 is 1.59 bits per heavy atom. The molecule has 2 atom stereocenters. The Kier molecular flexibility index (Phi) is 7.59. The zero-order valence-electron chi connectivity index (χ0n) is 18.3. The smallest absolute Gasteiger partial charge is 0.244 e. The lowest BCUT2D eigenvalue weighted by molar-refractivity contribution is -0.122. The van der Waals surface area contributed by atoms with Crippen molar-refractivity contribution in [2.45, 2.75) is 32.4 Å². The maximum absolute atomic E-state index is 13.5. The molecule has 7 heteroatoms. The van der Waals surface area contributed by atoms with Crippen molar-refractivity contribution in [1.29, 1.82) is 0 Å². The second-order valence-corrected chi connectivity index (χ2v) is 10.0. The quantitative estimate of drug-likeness (QED) is 0.498. The fourth-order valence-corrected chi connectivity index (χ4v) is 5.06. The van der Waals surface area contributed by atoms with Crippen molar-refractivity contribution in [1.82, 2.24) is 5.32 Å². The first-order valence-corrected chi connectivity index (χ1v) is 12.6. The summed E-state index contributed by atoms with van der Waals surface area (Å²) >= 11 is 6.10. The highest BCUT2D eigenvalue weighted by Crippen LogP contribution is 2.27. The van der Waals surface area contributed by atoms with Gasteiger partial charge in [-0.15, -0.1) is 0 Å². The molecule has 1 N–H and O–H groups in total. The Balaban J connectivity index is 1.99. The number of anilines is 1. The van der Waals surface area contributed by atoms with Crippen LogP contribution in [-0.4, -0.2) is 26.6 Å². The van der Waals surface area contributed by atoms with Crippen LogP contribution in [-0.2, 0) is 14.8 Å². The molecule has 0 spiro atoms. The standard InChI is InChI=1S/C25H27ClN2O3S/c1-4-23(28(32(3,30)31)22-12-8-11-21(26)17-22)25(29)27-24(19-9-6-5-7-10-19)20-15-13-18(2)14-16-20/h5-17,23-24H,4H2,1-3H3,(H,27,29). The molecule has 0 fully saturated rings. The minimum Gasteiger partial charge on any atom is -0.343 e.